The van der Waals surface area contributed by atoms with Crippen LogP contribution in [0.15, 0.2) is 18.3 Å². The molecule has 6 nitrogen and oxygen atoms in total. The van der Waals surface area contributed by atoms with E-state index in [0.29, 0.717) is 12.1 Å². The smallest absolute Gasteiger partial charge is 0.276 e. The molecule has 4 bridgehead atoms. The van der Waals surface area contributed by atoms with Crippen LogP contribution in [0.1, 0.15) is 81.3 Å². The summed E-state index contributed by atoms with van der Waals surface area (Å²) in [6.45, 7) is 6.97. The van der Waals surface area contributed by atoms with E-state index in [9.17, 15) is 9.59 Å². The number of aromatic nitrogens is 1. The van der Waals surface area contributed by atoms with Gasteiger partial charge in [0.1, 0.15) is 0 Å². The highest BCUT2D eigenvalue weighted by Gasteiger charge is 2.54. The van der Waals surface area contributed by atoms with Crippen molar-refractivity contribution in [3.8, 4) is 0 Å². The van der Waals surface area contributed by atoms with Crippen LogP contribution in [0, 0.1) is 28.6 Å². The van der Waals surface area contributed by atoms with Gasteiger partial charge in [-0.1, -0.05) is 20.8 Å². The molecule has 2 amide bonds. The highest BCUT2D eigenvalue weighted by molar-refractivity contribution is 5.92. The van der Waals surface area contributed by atoms with E-state index in [1.165, 1.54) is 25.5 Å². The Hall–Kier alpha value is -1.95. The van der Waals surface area contributed by atoms with Crippen molar-refractivity contribution in [2.75, 3.05) is 6.54 Å². The quantitative estimate of drug-likeness (QED) is 0.520. The topological polar surface area (TPSA) is 91.3 Å². The van der Waals surface area contributed by atoms with Crippen molar-refractivity contribution in [3.05, 3.63) is 29.6 Å². The monoisotopic (exact) mass is 399 g/mol. The van der Waals surface area contributed by atoms with Gasteiger partial charge in [-0.25, -0.2) is 5.48 Å². The summed E-state index contributed by atoms with van der Waals surface area (Å²) in [4.78, 5) is 29.3. The maximum absolute atomic E-state index is 13.3. The van der Waals surface area contributed by atoms with Crippen LogP contribution in [-0.4, -0.2) is 28.6 Å². The molecule has 158 valence electrons. The van der Waals surface area contributed by atoms with Crippen LogP contribution in [0.4, 0.5) is 0 Å². The Labute approximate surface area is 172 Å². The first-order valence-corrected chi connectivity index (χ1v) is 10.9. The minimum absolute atomic E-state index is 0.0339. The second-order valence-corrected chi connectivity index (χ2v) is 10.7. The Bertz CT molecular complexity index is 746. The molecule has 0 aliphatic heterocycles. The lowest BCUT2D eigenvalue weighted by molar-refractivity contribution is -0.146. The number of hydroxylamine groups is 1. The van der Waals surface area contributed by atoms with Crippen molar-refractivity contribution in [1.29, 1.82) is 0 Å². The van der Waals surface area contributed by atoms with Gasteiger partial charge in [0.05, 0.1) is 5.56 Å². The van der Waals surface area contributed by atoms with Crippen LogP contribution in [0.3, 0.4) is 0 Å². The van der Waals surface area contributed by atoms with E-state index in [4.69, 9.17) is 5.21 Å². The molecule has 4 aliphatic rings. The molecule has 1 unspecified atom stereocenters. The van der Waals surface area contributed by atoms with Crippen LogP contribution >= 0.6 is 0 Å². The minimum atomic E-state index is -0.577. The summed E-state index contributed by atoms with van der Waals surface area (Å²) in [5, 5.41) is 12.1. The number of hydrogen-bond donors (Lipinski definition) is 3. The Kier molecular flexibility index (Phi) is 5.18. The second-order valence-electron chi connectivity index (χ2n) is 10.7. The summed E-state index contributed by atoms with van der Waals surface area (Å²) in [6, 6.07) is 3.48. The molecule has 4 aliphatic carbocycles. The Morgan fingerprint density at radius 3 is 2.17 bits per heavy atom. The zero-order chi connectivity index (χ0) is 20.8. The molecule has 3 N–H and O–H groups in total. The molecule has 29 heavy (non-hydrogen) atoms. The Balaban J connectivity index is 1.47. The zero-order valence-electron chi connectivity index (χ0n) is 17.7. The fourth-order valence-corrected chi connectivity index (χ4v) is 6.44. The summed E-state index contributed by atoms with van der Waals surface area (Å²) in [5.74, 6) is 1.94. The zero-order valence-corrected chi connectivity index (χ0v) is 17.7. The lowest BCUT2D eigenvalue weighted by atomic mass is 9.49. The fourth-order valence-electron chi connectivity index (χ4n) is 6.44. The van der Waals surface area contributed by atoms with Crippen molar-refractivity contribution in [1.82, 2.24) is 15.8 Å². The minimum Gasteiger partial charge on any atom is -0.355 e. The maximum Gasteiger partial charge on any atom is 0.276 e. The Morgan fingerprint density at radius 1 is 1.14 bits per heavy atom. The lowest BCUT2D eigenvalue weighted by Gasteiger charge is -2.55. The number of hydrogen-bond acceptors (Lipinski definition) is 4. The van der Waals surface area contributed by atoms with E-state index in [-0.39, 0.29) is 22.7 Å². The third-order valence-electron chi connectivity index (χ3n) is 7.54. The van der Waals surface area contributed by atoms with Gasteiger partial charge in [0.2, 0.25) is 5.91 Å². The molecular formula is C23H33N3O3. The molecule has 1 atom stereocenters. The highest BCUT2D eigenvalue weighted by Crippen LogP contribution is 2.60. The molecule has 0 radical (unpaired) electrons. The molecule has 1 aromatic heterocycles. The van der Waals surface area contributed by atoms with Crippen molar-refractivity contribution in [2.45, 2.75) is 65.2 Å². The standard InChI is InChI=1S/C23H33N3O3/c1-22(2,3)18(19-5-4-17(12-24-19)20(27)26-29)13-25-21(28)23-9-14-6-15(10-23)8-16(7-14)11-23/h4-5,12,14-16,18,29H,6-11,13H2,1-3H3,(H,25,28)(H,26,27). The fraction of sp³-hybridized carbons (Fsp3) is 0.696. The lowest BCUT2D eigenvalue weighted by Crippen LogP contribution is -2.54. The third kappa shape index (κ3) is 3.91. The van der Waals surface area contributed by atoms with Crippen LogP contribution in [0.5, 0.6) is 0 Å². The summed E-state index contributed by atoms with van der Waals surface area (Å²) in [5.41, 5.74) is 2.54. The molecule has 0 saturated heterocycles. The largest absolute Gasteiger partial charge is 0.355 e. The average molecular weight is 400 g/mol. The molecule has 0 aromatic carbocycles. The van der Waals surface area contributed by atoms with Gasteiger partial charge in [-0.05, 0) is 73.8 Å². The van der Waals surface area contributed by atoms with Gasteiger partial charge in [-0.2, -0.15) is 0 Å². The highest BCUT2D eigenvalue weighted by atomic mass is 16.5. The van der Waals surface area contributed by atoms with E-state index in [1.807, 2.05) is 6.07 Å². The predicted molar refractivity (Wildman–Crippen MR) is 109 cm³/mol. The van der Waals surface area contributed by atoms with Crippen LogP contribution < -0.4 is 10.8 Å². The normalized spacial score (nSPS) is 31.4. The number of amides is 2. The van der Waals surface area contributed by atoms with Crippen molar-refractivity contribution < 1.29 is 14.8 Å². The SMILES string of the molecule is CC(C)(C)C(CNC(=O)C12CC3CC(CC(C3)C1)C2)c1ccc(C(=O)NO)cn1. The van der Waals surface area contributed by atoms with E-state index >= 15 is 0 Å². The van der Waals surface area contributed by atoms with E-state index in [1.54, 1.807) is 11.5 Å². The number of nitrogens with zero attached hydrogens (tertiary/aromatic N) is 1. The van der Waals surface area contributed by atoms with E-state index in [2.05, 4.69) is 31.1 Å². The number of rotatable bonds is 5. The van der Waals surface area contributed by atoms with Gasteiger partial charge in [0, 0.05) is 29.8 Å². The van der Waals surface area contributed by atoms with Crippen molar-refractivity contribution in [3.63, 3.8) is 0 Å². The summed E-state index contributed by atoms with van der Waals surface area (Å²) < 4.78 is 0. The van der Waals surface area contributed by atoms with Gasteiger partial charge in [0.15, 0.2) is 0 Å². The summed E-state index contributed by atoms with van der Waals surface area (Å²) in [6.07, 6.45) is 8.65. The molecule has 4 fully saturated rings. The van der Waals surface area contributed by atoms with E-state index in [0.717, 1.165) is 42.7 Å². The summed E-state index contributed by atoms with van der Waals surface area (Å²) in [7, 11) is 0. The molecule has 5 rings (SSSR count). The first kappa shape index (κ1) is 20.3. The van der Waals surface area contributed by atoms with Crippen LogP contribution in [-0.2, 0) is 4.79 Å². The summed E-state index contributed by atoms with van der Waals surface area (Å²) >= 11 is 0. The predicted octanol–water partition coefficient (Wildman–Crippen LogP) is 3.66. The van der Waals surface area contributed by atoms with Crippen molar-refractivity contribution in [2.24, 2.45) is 28.6 Å². The Morgan fingerprint density at radius 2 is 1.72 bits per heavy atom. The average Bonchev–Trinajstić information content (AvgIpc) is 2.65. The van der Waals surface area contributed by atoms with Crippen LogP contribution in [0.2, 0.25) is 0 Å². The molecule has 1 aromatic rings. The van der Waals surface area contributed by atoms with Gasteiger partial charge >= 0.3 is 0 Å². The molecule has 4 saturated carbocycles. The van der Waals surface area contributed by atoms with Crippen molar-refractivity contribution >= 4 is 11.8 Å². The third-order valence-corrected chi connectivity index (χ3v) is 7.54. The number of pyridine rings is 1. The molecule has 0 spiro atoms. The maximum atomic E-state index is 13.3. The first-order valence-electron chi connectivity index (χ1n) is 10.9. The van der Waals surface area contributed by atoms with Gasteiger partial charge in [0.25, 0.3) is 5.91 Å². The molecular weight excluding hydrogens is 366 g/mol. The first-order chi connectivity index (χ1) is 13.7. The van der Waals surface area contributed by atoms with Gasteiger partial charge in [-0.3, -0.25) is 19.8 Å². The number of carbonyl (C=O) groups is 2. The molecule has 6 heteroatoms. The van der Waals surface area contributed by atoms with Gasteiger partial charge < -0.3 is 5.32 Å². The second kappa shape index (κ2) is 7.38. The van der Waals surface area contributed by atoms with Crippen LogP contribution in [0.25, 0.3) is 0 Å². The van der Waals surface area contributed by atoms with Gasteiger partial charge in [-0.15, -0.1) is 0 Å². The number of nitrogens with one attached hydrogen (secondary N) is 2. The van der Waals surface area contributed by atoms with E-state index < -0.39 is 5.91 Å². The number of carbonyl (C=O) groups excluding carboxylic acids is 2. The molecule has 1 heterocycles.